The van der Waals surface area contributed by atoms with Crippen LogP contribution in [0.1, 0.15) is 28.9 Å². The van der Waals surface area contributed by atoms with E-state index in [4.69, 9.17) is 11.6 Å². The van der Waals surface area contributed by atoms with Crippen LogP contribution in [-0.4, -0.2) is 17.1 Å². The highest BCUT2D eigenvalue weighted by Gasteiger charge is 2.22. The summed E-state index contributed by atoms with van der Waals surface area (Å²) < 4.78 is 26.5. The highest BCUT2D eigenvalue weighted by atomic mass is 35.5. The highest BCUT2D eigenvalue weighted by molar-refractivity contribution is 6.33. The number of amides is 1. The third-order valence-corrected chi connectivity index (χ3v) is 3.55. The molecule has 116 valence electrons. The molecular formula is C16H14ClF2NO2. The van der Waals surface area contributed by atoms with Gasteiger partial charge in [0.1, 0.15) is 11.6 Å². The third-order valence-electron chi connectivity index (χ3n) is 3.23. The number of nitrogens with one attached hydrogen (secondary N) is 1. The van der Waals surface area contributed by atoms with Gasteiger partial charge < -0.3 is 10.4 Å². The van der Waals surface area contributed by atoms with Crippen LogP contribution in [0.3, 0.4) is 0 Å². The molecule has 6 heteroatoms. The van der Waals surface area contributed by atoms with Gasteiger partial charge in [-0.15, -0.1) is 0 Å². The molecule has 0 aliphatic heterocycles. The zero-order chi connectivity index (χ0) is 16.3. The lowest BCUT2D eigenvalue weighted by molar-refractivity contribution is 0.0848. The van der Waals surface area contributed by atoms with Crippen LogP contribution in [-0.2, 0) is 0 Å². The topological polar surface area (TPSA) is 49.3 Å². The summed E-state index contributed by atoms with van der Waals surface area (Å²) >= 11 is 5.82. The molecule has 2 atom stereocenters. The number of halogens is 3. The number of hydrogen-bond acceptors (Lipinski definition) is 2. The van der Waals surface area contributed by atoms with Gasteiger partial charge in [-0.2, -0.15) is 0 Å². The molecule has 0 heterocycles. The third kappa shape index (κ3) is 3.61. The van der Waals surface area contributed by atoms with E-state index in [0.717, 1.165) is 6.07 Å². The molecule has 0 aliphatic carbocycles. The van der Waals surface area contributed by atoms with Gasteiger partial charge in [-0.3, -0.25) is 4.79 Å². The molecule has 0 spiro atoms. The minimum Gasteiger partial charge on any atom is -0.386 e. The van der Waals surface area contributed by atoms with Crippen LogP contribution in [0.15, 0.2) is 42.5 Å². The summed E-state index contributed by atoms with van der Waals surface area (Å²) in [5, 5.41) is 12.6. The number of aliphatic hydroxyl groups excluding tert-OH is 1. The molecule has 0 unspecified atom stereocenters. The van der Waals surface area contributed by atoms with E-state index in [2.05, 4.69) is 5.32 Å². The van der Waals surface area contributed by atoms with Gasteiger partial charge in [0.2, 0.25) is 0 Å². The van der Waals surface area contributed by atoms with Crippen molar-refractivity contribution >= 4 is 17.5 Å². The van der Waals surface area contributed by atoms with E-state index in [1.807, 2.05) is 0 Å². The first-order valence-electron chi connectivity index (χ1n) is 6.58. The summed E-state index contributed by atoms with van der Waals surface area (Å²) in [5.41, 5.74) is 0.163. The van der Waals surface area contributed by atoms with E-state index in [9.17, 15) is 18.7 Å². The lowest BCUT2D eigenvalue weighted by atomic mass is 10.0. The van der Waals surface area contributed by atoms with Crippen LogP contribution >= 0.6 is 11.6 Å². The molecule has 0 radical (unpaired) electrons. The zero-order valence-corrected chi connectivity index (χ0v) is 12.4. The number of carbonyl (C=O) groups is 1. The molecule has 2 N–H and O–H groups in total. The van der Waals surface area contributed by atoms with E-state index in [-0.39, 0.29) is 10.6 Å². The molecular weight excluding hydrogens is 312 g/mol. The van der Waals surface area contributed by atoms with Crippen molar-refractivity contribution < 1.29 is 18.7 Å². The number of hydrogen-bond donors (Lipinski definition) is 2. The Morgan fingerprint density at radius 1 is 1.18 bits per heavy atom. The fourth-order valence-electron chi connectivity index (χ4n) is 2.02. The molecule has 0 aliphatic rings. The van der Waals surface area contributed by atoms with Crippen LogP contribution in [0, 0.1) is 11.6 Å². The molecule has 0 saturated carbocycles. The van der Waals surface area contributed by atoms with Crippen molar-refractivity contribution in [3.8, 4) is 0 Å². The van der Waals surface area contributed by atoms with E-state index < -0.39 is 29.7 Å². The minimum absolute atomic E-state index is 0.0130. The van der Waals surface area contributed by atoms with Gasteiger partial charge in [0, 0.05) is 0 Å². The SMILES string of the molecule is C[C@H](NC(=O)c1c(F)cccc1Cl)[C@@H](O)c1ccc(F)cc1. The normalized spacial score (nSPS) is 13.5. The van der Waals surface area contributed by atoms with Crippen molar-refractivity contribution in [2.24, 2.45) is 0 Å². The van der Waals surface area contributed by atoms with Gasteiger partial charge in [-0.25, -0.2) is 8.78 Å². The number of carbonyl (C=O) groups excluding carboxylic acids is 1. The van der Waals surface area contributed by atoms with Crippen LogP contribution < -0.4 is 5.32 Å². The Hall–Kier alpha value is -1.98. The van der Waals surface area contributed by atoms with Crippen molar-refractivity contribution in [2.75, 3.05) is 0 Å². The van der Waals surface area contributed by atoms with Crippen molar-refractivity contribution in [1.29, 1.82) is 0 Å². The molecule has 2 aromatic rings. The summed E-state index contributed by atoms with van der Waals surface area (Å²) in [6.07, 6.45) is -1.06. The molecule has 0 fully saturated rings. The van der Waals surface area contributed by atoms with Crippen LogP contribution in [0.4, 0.5) is 8.78 Å². The smallest absolute Gasteiger partial charge is 0.256 e. The van der Waals surface area contributed by atoms with E-state index in [1.165, 1.54) is 36.4 Å². The first kappa shape index (κ1) is 16.4. The fourth-order valence-corrected chi connectivity index (χ4v) is 2.27. The van der Waals surface area contributed by atoms with Crippen molar-refractivity contribution in [1.82, 2.24) is 5.32 Å². The maximum Gasteiger partial charge on any atom is 0.256 e. The Labute approximate surface area is 131 Å². The average Bonchev–Trinajstić information content (AvgIpc) is 2.47. The summed E-state index contributed by atoms with van der Waals surface area (Å²) in [5.74, 6) is -1.89. The second kappa shape index (κ2) is 6.85. The van der Waals surface area contributed by atoms with Gasteiger partial charge in [-0.1, -0.05) is 29.8 Å². The Balaban J connectivity index is 2.12. The first-order valence-corrected chi connectivity index (χ1v) is 6.96. The zero-order valence-electron chi connectivity index (χ0n) is 11.7. The second-order valence-electron chi connectivity index (χ2n) is 4.86. The van der Waals surface area contributed by atoms with Crippen molar-refractivity contribution in [3.05, 3.63) is 70.2 Å². The lowest BCUT2D eigenvalue weighted by Gasteiger charge is -2.21. The van der Waals surface area contributed by atoms with Crippen molar-refractivity contribution in [3.63, 3.8) is 0 Å². The molecule has 3 nitrogen and oxygen atoms in total. The average molecular weight is 326 g/mol. The van der Waals surface area contributed by atoms with Gasteiger partial charge in [0.25, 0.3) is 5.91 Å². The summed E-state index contributed by atoms with van der Waals surface area (Å²) in [7, 11) is 0. The predicted octanol–water partition coefficient (Wildman–Crippen LogP) is 3.47. The molecule has 2 aromatic carbocycles. The maximum atomic E-state index is 13.7. The predicted molar refractivity (Wildman–Crippen MR) is 79.7 cm³/mol. The Kier molecular flexibility index (Phi) is 5.11. The molecule has 0 aromatic heterocycles. The number of aliphatic hydroxyl groups is 1. The van der Waals surface area contributed by atoms with Crippen LogP contribution in [0.5, 0.6) is 0 Å². The standard InChI is InChI=1S/C16H14ClF2NO2/c1-9(15(21)10-5-7-11(18)8-6-10)20-16(22)14-12(17)3-2-4-13(14)19/h2-9,15,21H,1H3,(H,20,22)/t9-,15+/m0/s1. The van der Waals surface area contributed by atoms with Crippen LogP contribution in [0.25, 0.3) is 0 Å². The monoisotopic (exact) mass is 325 g/mol. The van der Waals surface area contributed by atoms with Gasteiger partial charge >= 0.3 is 0 Å². The van der Waals surface area contributed by atoms with E-state index >= 15 is 0 Å². The van der Waals surface area contributed by atoms with E-state index in [1.54, 1.807) is 6.92 Å². The van der Waals surface area contributed by atoms with Crippen LogP contribution in [0.2, 0.25) is 5.02 Å². The molecule has 22 heavy (non-hydrogen) atoms. The maximum absolute atomic E-state index is 13.7. The molecule has 0 bridgehead atoms. The summed E-state index contributed by atoms with van der Waals surface area (Å²) in [4.78, 5) is 12.1. The summed E-state index contributed by atoms with van der Waals surface area (Å²) in [6, 6.07) is 8.46. The van der Waals surface area contributed by atoms with Gasteiger partial charge in [0.15, 0.2) is 0 Å². The lowest BCUT2D eigenvalue weighted by Crippen LogP contribution is -2.37. The highest BCUT2D eigenvalue weighted by Crippen LogP contribution is 2.21. The van der Waals surface area contributed by atoms with E-state index in [0.29, 0.717) is 5.56 Å². The van der Waals surface area contributed by atoms with Gasteiger partial charge in [-0.05, 0) is 36.8 Å². The number of benzene rings is 2. The molecule has 0 saturated heterocycles. The minimum atomic E-state index is -1.06. The van der Waals surface area contributed by atoms with Crippen molar-refractivity contribution in [2.45, 2.75) is 19.1 Å². The Morgan fingerprint density at radius 2 is 1.82 bits per heavy atom. The fraction of sp³-hybridized carbons (Fsp3) is 0.188. The first-order chi connectivity index (χ1) is 10.4. The largest absolute Gasteiger partial charge is 0.386 e. The molecule has 1 amide bonds. The Morgan fingerprint density at radius 3 is 2.41 bits per heavy atom. The Bertz CT molecular complexity index is 656. The second-order valence-corrected chi connectivity index (χ2v) is 5.26. The number of rotatable bonds is 4. The molecule has 2 rings (SSSR count). The van der Waals surface area contributed by atoms with Gasteiger partial charge in [0.05, 0.1) is 22.7 Å². The summed E-state index contributed by atoms with van der Waals surface area (Å²) in [6.45, 7) is 1.56. The quantitative estimate of drug-likeness (QED) is 0.904.